The number of pyridine rings is 1. The van der Waals surface area contributed by atoms with Crippen LogP contribution in [0.15, 0.2) is 59.5 Å². The first-order valence-corrected chi connectivity index (χ1v) is 11.4. The second-order valence-electron chi connectivity index (χ2n) is 8.99. The number of carbonyl (C=O) groups is 1. The predicted molar refractivity (Wildman–Crippen MR) is 133 cm³/mol. The zero-order valence-electron chi connectivity index (χ0n) is 19.7. The van der Waals surface area contributed by atoms with Gasteiger partial charge in [-0.25, -0.2) is 14.2 Å². The highest BCUT2D eigenvalue weighted by Crippen LogP contribution is 2.31. The van der Waals surface area contributed by atoms with Gasteiger partial charge in [0.2, 0.25) is 0 Å². The third-order valence-corrected chi connectivity index (χ3v) is 6.50. The molecule has 1 unspecified atom stereocenters. The predicted octanol–water partition coefficient (Wildman–Crippen LogP) is 4.84. The minimum atomic E-state index is -1.35. The van der Waals surface area contributed by atoms with Gasteiger partial charge in [0.15, 0.2) is 0 Å². The summed E-state index contributed by atoms with van der Waals surface area (Å²) in [5.41, 5.74) is 4.60. The third-order valence-electron chi connectivity index (χ3n) is 6.50. The number of rotatable bonds is 5. The summed E-state index contributed by atoms with van der Waals surface area (Å²) in [4.78, 5) is 32.1. The van der Waals surface area contributed by atoms with Crippen molar-refractivity contribution < 1.29 is 14.3 Å². The first-order valence-electron chi connectivity index (χ1n) is 11.4. The molecule has 1 aliphatic rings. The van der Waals surface area contributed by atoms with Crippen LogP contribution >= 0.6 is 0 Å². The van der Waals surface area contributed by atoms with E-state index >= 15 is 0 Å². The zero-order valence-corrected chi connectivity index (χ0v) is 19.7. The summed E-state index contributed by atoms with van der Waals surface area (Å²) in [6.45, 7) is 6.84. The monoisotopic (exact) mass is 472 g/mol. The molecule has 0 fully saturated rings. The van der Waals surface area contributed by atoms with Crippen LogP contribution in [0.5, 0.6) is 0 Å². The van der Waals surface area contributed by atoms with Crippen molar-refractivity contribution in [1.82, 2.24) is 9.38 Å². The Balaban J connectivity index is 1.61. The molecule has 2 aromatic carbocycles. The van der Waals surface area contributed by atoms with Crippen molar-refractivity contribution in [3.63, 3.8) is 0 Å². The molecule has 2 aromatic heterocycles. The van der Waals surface area contributed by atoms with Crippen molar-refractivity contribution in [3.05, 3.63) is 104 Å². The van der Waals surface area contributed by atoms with Gasteiger partial charge in [-0.3, -0.25) is 9.20 Å². The van der Waals surface area contributed by atoms with Gasteiger partial charge in [0, 0.05) is 24.8 Å². The van der Waals surface area contributed by atoms with E-state index in [0.717, 1.165) is 11.6 Å². The summed E-state index contributed by atoms with van der Waals surface area (Å²) in [6, 6.07) is 13.7. The third kappa shape index (κ3) is 3.90. The van der Waals surface area contributed by atoms with E-state index in [9.17, 15) is 19.1 Å². The molecule has 35 heavy (non-hydrogen) atoms. The Morgan fingerprint density at radius 3 is 2.46 bits per heavy atom. The molecule has 0 bridgehead atoms. The lowest BCUT2D eigenvalue weighted by Crippen LogP contribution is -2.27. The van der Waals surface area contributed by atoms with Crippen molar-refractivity contribution in [1.29, 1.82) is 0 Å². The number of aryl methyl sites for hydroxylation is 1. The van der Waals surface area contributed by atoms with Gasteiger partial charge in [-0.2, -0.15) is 0 Å². The molecule has 1 aliphatic heterocycles. The van der Waals surface area contributed by atoms with E-state index in [4.69, 9.17) is 4.98 Å². The number of aromatic carboxylic acids is 1. The van der Waals surface area contributed by atoms with Crippen molar-refractivity contribution >= 4 is 23.1 Å². The molecule has 0 saturated heterocycles. The Morgan fingerprint density at radius 2 is 1.80 bits per heavy atom. The first-order chi connectivity index (χ1) is 16.7. The van der Waals surface area contributed by atoms with E-state index in [1.807, 2.05) is 32.0 Å². The lowest BCUT2D eigenvalue weighted by Gasteiger charge is -2.23. The average Bonchev–Trinajstić information content (AvgIpc) is 3.25. The Hall–Kier alpha value is -4.20. The van der Waals surface area contributed by atoms with E-state index in [1.54, 1.807) is 13.1 Å². The van der Waals surface area contributed by atoms with Gasteiger partial charge >= 0.3 is 5.97 Å². The first kappa shape index (κ1) is 22.6. The molecule has 0 amide bonds. The number of nitrogens with zero attached hydrogens (tertiary/aromatic N) is 3. The van der Waals surface area contributed by atoms with Crippen LogP contribution in [0.1, 0.15) is 51.1 Å². The molecule has 7 nitrogen and oxygen atoms in total. The van der Waals surface area contributed by atoms with E-state index in [2.05, 4.69) is 22.3 Å². The Labute approximate surface area is 201 Å². The lowest BCUT2D eigenvalue weighted by atomic mass is 10.1. The number of hydrogen-bond donors (Lipinski definition) is 2. The maximum atomic E-state index is 14.2. The molecule has 178 valence electrons. The van der Waals surface area contributed by atoms with Gasteiger partial charge in [0.1, 0.15) is 22.8 Å². The summed E-state index contributed by atoms with van der Waals surface area (Å²) in [7, 11) is 0. The fourth-order valence-electron chi connectivity index (χ4n) is 4.77. The van der Waals surface area contributed by atoms with Gasteiger partial charge in [-0.05, 0) is 55.7 Å². The number of hydrogen-bond acceptors (Lipinski definition) is 5. The molecule has 0 saturated carbocycles. The number of halogens is 1. The standard InChI is InChI=1S/C27H25FN4O3/c1-15-11-20(17(3)29-22-10-6-9-21(28)23(22)27(34)35)25-30-24(16(2)26(33)32(25)12-15)31-13-18-7-4-5-8-19(18)14-31/h4-12,17,29H,13-14H2,1-3H3,(H,34,35). The summed E-state index contributed by atoms with van der Waals surface area (Å²) in [5.74, 6) is -1.54. The molecule has 3 heterocycles. The highest BCUT2D eigenvalue weighted by atomic mass is 19.1. The van der Waals surface area contributed by atoms with E-state index in [0.29, 0.717) is 35.7 Å². The number of benzene rings is 2. The van der Waals surface area contributed by atoms with Crippen LogP contribution in [0.25, 0.3) is 5.65 Å². The highest BCUT2D eigenvalue weighted by Gasteiger charge is 2.25. The molecule has 0 spiro atoms. The molecular weight excluding hydrogens is 447 g/mol. The Morgan fingerprint density at radius 1 is 1.11 bits per heavy atom. The number of anilines is 2. The smallest absolute Gasteiger partial charge is 0.340 e. The molecule has 4 aromatic rings. The molecule has 0 aliphatic carbocycles. The van der Waals surface area contributed by atoms with E-state index < -0.39 is 23.4 Å². The van der Waals surface area contributed by atoms with Crippen molar-refractivity contribution in [2.24, 2.45) is 0 Å². The van der Waals surface area contributed by atoms with Crippen molar-refractivity contribution in [2.75, 3.05) is 10.2 Å². The van der Waals surface area contributed by atoms with E-state index in [1.165, 1.54) is 27.7 Å². The summed E-state index contributed by atoms with van der Waals surface area (Å²) >= 11 is 0. The van der Waals surface area contributed by atoms with Crippen LogP contribution in [-0.2, 0) is 13.1 Å². The SMILES string of the molecule is Cc1cc(C(C)Nc2cccc(F)c2C(=O)O)c2nc(N3Cc4ccccc4C3)c(C)c(=O)n2c1. The number of nitrogens with one attached hydrogen (secondary N) is 1. The molecule has 8 heteroatoms. The summed E-state index contributed by atoms with van der Waals surface area (Å²) < 4.78 is 15.8. The zero-order chi connectivity index (χ0) is 24.9. The number of carboxylic acids is 1. The van der Waals surface area contributed by atoms with Crippen LogP contribution in [0.2, 0.25) is 0 Å². The fourth-order valence-corrected chi connectivity index (χ4v) is 4.77. The topological polar surface area (TPSA) is 86.9 Å². The van der Waals surface area contributed by atoms with Crippen molar-refractivity contribution in [2.45, 2.75) is 39.9 Å². The fraction of sp³-hybridized carbons (Fsp3) is 0.222. The minimum absolute atomic E-state index is 0.157. The van der Waals surface area contributed by atoms with Gasteiger partial charge in [0.05, 0.1) is 17.3 Å². The quantitative estimate of drug-likeness (QED) is 0.432. The maximum Gasteiger partial charge on any atom is 0.340 e. The second kappa shape index (κ2) is 8.54. The van der Waals surface area contributed by atoms with Crippen LogP contribution < -0.4 is 15.8 Å². The highest BCUT2D eigenvalue weighted by molar-refractivity contribution is 5.94. The van der Waals surface area contributed by atoms with Crippen molar-refractivity contribution in [3.8, 4) is 0 Å². The molecule has 5 rings (SSSR count). The molecule has 0 radical (unpaired) electrons. The second-order valence-corrected chi connectivity index (χ2v) is 8.99. The average molecular weight is 473 g/mol. The minimum Gasteiger partial charge on any atom is -0.478 e. The van der Waals surface area contributed by atoms with E-state index in [-0.39, 0.29) is 11.2 Å². The van der Waals surface area contributed by atoms with Gasteiger partial charge < -0.3 is 15.3 Å². The normalized spacial score (nSPS) is 13.7. The largest absolute Gasteiger partial charge is 0.478 e. The van der Waals surface area contributed by atoms with Crippen LogP contribution in [0.3, 0.4) is 0 Å². The van der Waals surface area contributed by atoms with Gasteiger partial charge in [-0.15, -0.1) is 0 Å². The van der Waals surface area contributed by atoms with Gasteiger partial charge in [0.25, 0.3) is 5.56 Å². The number of aromatic nitrogens is 2. The lowest BCUT2D eigenvalue weighted by molar-refractivity contribution is 0.0693. The van der Waals surface area contributed by atoms with Crippen LogP contribution in [0.4, 0.5) is 15.9 Å². The van der Waals surface area contributed by atoms with Gasteiger partial charge in [-0.1, -0.05) is 30.3 Å². The molecule has 1 atom stereocenters. The Kier molecular flexibility index (Phi) is 5.51. The van der Waals surface area contributed by atoms with Crippen LogP contribution in [0, 0.1) is 19.7 Å². The molecule has 2 N–H and O–H groups in total. The van der Waals surface area contributed by atoms with Crippen LogP contribution in [-0.4, -0.2) is 20.5 Å². The Bertz CT molecular complexity index is 1520. The molecular formula is C27H25FN4O3. The summed E-state index contributed by atoms with van der Waals surface area (Å²) in [5, 5.41) is 12.6. The number of fused-ring (bicyclic) bond motifs is 2. The maximum absolute atomic E-state index is 14.2. The number of carboxylic acid groups (broad SMARTS) is 1. The summed E-state index contributed by atoms with van der Waals surface area (Å²) in [6.07, 6.45) is 1.75.